The molecule has 2 aromatic heterocycles. The zero-order valence-corrected chi connectivity index (χ0v) is 18.5. The van der Waals surface area contributed by atoms with Gasteiger partial charge < -0.3 is 11.1 Å². The van der Waals surface area contributed by atoms with E-state index in [1.165, 1.54) is 4.68 Å². The lowest BCUT2D eigenvalue weighted by Gasteiger charge is -2.05. The molecule has 0 radical (unpaired) electrons. The smallest absolute Gasteiger partial charge is 0.261 e. The van der Waals surface area contributed by atoms with E-state index in [0.717, 1.165) is 5.56 Å². The minimum absolute atomic E-state index is 0.122. The van der Waals surface area contributed by atoms with E-state index in [0.29, 0.717) is 37.9 Å². The van der Waals surface area contributed by atoms with Crippen LogP contribution in [0.4, 0.5) is 11.5 Å². The van der Waals surface area contributed by atoms with Gasteiger partial charge in [0.25, 0.3) is 5.91 Å². The Hall–Kier alpha value is -3.94. The third-order valence-corrected chi connectivity index (χ3v) is 5.50. The number of nitrogens with one attached hydrogen (secondary N) is 1. The Morgan fingerprint density at radius 3 is 2.18 bits per heavy atom. The Kier molecular flexibility index (Phi) is 5.42. The fourth-order valence-electron chi connectivity index (χ4n) is 3.39. The molecule has 9 heteroatoms. The molecule has 33 heavy (non-hydrogen) atoms. The molecule has 5 aromatic rings. The van der Waals surface area contributed by atoms with Crippen LogP contribution < -0.4 is 11.1 Å². The third-order valence-electron chi connectivity index (χ3n) is 5.00. The average Bonchev–Trinajstić information content (AvgIpc) is 3.09. The van der Waals surface area contributed by atoms with Gasteiger partial charge in [-0.15, -0.1) is 0 Å². The Bertz CT molecular complexity index is 1530. The minimum Gasteiger partial charge on any atom is -0.383 e. The molecule has 3 aromatic carbocycles. The maximum Gasteiger partial charge on any atom is 0.261 e. The first-order valence-corrected chi connectivity index (χ1v) is 10.7. The predicted molar refractivity (Wildman–Crippen MR) is 133 cm³/mol. The van der Waals surface area contributed by atoms with E-state index < -0.39 is 5.91 Å². The number of hydrogen-bond acceptors (Lipinski definition) is 5. The van der Waals surface area contributed by atoms with E-state index in [1.807, 2.05) is 36.4 Å². The number of nitrogens with two attached hydrogens (primary N) is 1. The highest BCUT2D eigenvalue weighted by Crippen LogP contribution is 2.29. The summed E-state index contributed by atoms with van der Waals surface area (Å²) >= 11 is 11.9. The van der Waals surface area contributed by atoms with Gasteiger partial charge in [0, 0.05) is 15.7 Å². The van der Waals surface area contributed by atoms with E-state index in [2.05, 4.69) is 20.4 Å². The number of nitrogens with zero attached hydrogens (tertiary/aromatic N) is 4. The highest BCUT2D eigenvalue weighted by atomic mass is 35.5. The summed E-state index contributed by atoms with van der Waals surface area (Å²) < 4.78 is 1.42. The number of anilines is 2. The summed E-state index contributed by atoms with van der Waals surface area (Å²) in [5.41, 5.74) is 10.0. The monoisotopic (exact) mass is 474 g/mol. The number of fused-ring (bicyclic) bond motifs is 2. The summed E-state index contributed by atoms with van der Waals surface area (Å²) in [5.74, 6) is -0.304. The van der Waals surface area contributed by atoms with Gasteiger partial charge in [-0.25, -0.2) is 9.97 Å². The lowest BCUT2D eigenvalue weighted by Crippen LogP contribution is -2.14. The van der Waals surface area contributed by atoms with Crippen molar-refractivity contribution in [3.63, 3.8) is 0 Å². The van der Waals surface area contributed by atoms with Gasteiger partial charge in [-0.2, -0.15) is 9.78 Å². The van der Waals surface area contributed by atoms with Gasteiger partial charge in [-0.05, 0) is 54.1 Å². The second kappa shape index (κ2) is 8.54. The number of hydrogen-bond donors (Lipinski definition) is 2. The fourth-order valence-corrected chi connectivity index (χ4v) is 3.64. The van der Waals surface area contributed by atoms with E-state index in [4.69, 9.17) is 28.9 Å². The molecule has 2 heterocycles. The van der Waals surface area contributed by atoms with Crippen LogP contribution in [0.3, 0.4) is 0 Å². The molecular weight excluding hydrogens is 459 g/mol. The molecule has 0 saturated carbocycles. The van der Waals surface area contributed by atoms with Crippen LogP contribution in [0.1, 0.15) is 15.9 Å². The van der Waals surface area contributed by atoms with Gasteiger partial charge in [0.2, 0.25) is 0 Å². The molecule has 7 nitrogen and oxygen atoms in total. The SMILES string of the molecule is Nc1c(C(=O)Nc2ccc(Cl)cc2)c2nc3ccccc3nc2n1/N=C/c1ccc(Cl)cc1. The topological polar surface area (TPSA) is 98.2 Å². The molecule has 0 unspecified atom stereocenters. The molecule has 5 rings (SSSR count). The molecule has 3 N–H and O–H groups in total. The van der Waals surface area contributed by atoms with Crippen LogP contribution in [0, 0.1) is 0 Å². The van der Waals surface area contributed by atoms with E-state index in [-0.39, 0.29) is 11.4 Å². The van der Waals surface area contributed by atoms with Gasteiger partial charge in [-0.3, -0.25) is 4.79 Å². The maximum absolute atomic E-state index is 13.2. The Morgan fingerprint density at radius 2 is 1.52 bits per heavy atom. The molecule has 0 saturated heterocycles. The average molecular weight is 475 g/mol. The van der Waals surface area contributed by atoms with Crippen molar-refractivity contribution >= 4 is 69.0 Å². The predicted octanol–water partition coefficient (Wildman–Crippen LogP) is 5.61. The molecule has 0 spiro atoms. The summed E-state index contributed by atoms with van der Waals surface area (Å²) in [5, 5.41) is 8.51. The van der Waals surface area contributed by atoms with Crippen LogP contribution >= 0.6 is 23.2 Å². The molecule has 162 valence electrons. The number of aromatic nitrogens is 3. The Balaban J connectivity index is 1.65. The molecule has 0 atom stereocenters. The van der Waals surface area contributed by atoms with Gasteiger partial charge in [0.15, 0.2) is 5.65 Å². The van der Waals surface area contributed by atoms with Gasteiger partial charge >= 0.3 is 0 Å². The normalized spacial score (nSPS) is 11.5. The highest BCUT2D eigenvalue weighted by Gasteiger charge is 2.24. The summed E-state index contributed by atoms with van der Waals surface area (Å²) in [6, 6.07) is 21.3. The van der Waals surface area contributed by atoms with Crippen molar-refractivity contribution in [2.24, 2.45) is 5.10 Å². The van der Waals surface area contributed by atoms with Crippen molar-refractivity contribution in [3.05, 3.63) is 94.0 Å². The van der Waals surface area contributed by atoms with Crippen LogP contribution in [0.5, 0.6) is 0 Å². The second-order valence-corrected chi connectivity index (χ2v) is 8.09. The number of para-hydroxylation sites is 2. The lowest BCUT2D eigenvalue weighted by molar-refractivity contribution is 0.102. The number of amides is 1. The third kappa shape index (κ3) is 4.11. The molecule has 0 aliphatic rings. The number of nitrogen functional groups attached to an aromatic ring is 1. The fraction of sp³-hybridized carbons (Fsp3) is 0. The van der Waals surface area contributed by atoms with Crippen molar-refractivity contribution in [2.45, 2.75) is 0 Å². The van der Waals surface area contributed by atoms with Crippen LogP contribution in [-0.2, 0) is 0 Å². The molecule has 0 aliphatic heterocycles. The summed E-state index contributed by atoms with van der Waals surface area (Å²) in [6.07, 6.45) is 1.61. The van der Waals surface area contributed by atoms with Crippen LogP contribution in [0.25, 0.3) is 22.2 Å². The summed E-state index contributed by atoms with van der Waals surface area (Å²) in [4.78, 5) is 22.6. The first-order valence-electron chi connectivity index (χ1n) is 9.93. The zero-order chi connectivity index (χ0) is 22.9. The maximum atomic E-state index is 13.2. The van der Waals surface area contributed by atoms with E-state index in [1.54, 1.807) is 42.6 Å². The van der Waals surface area contributed by atoms with E-state index in [9.17, 15) is 4.79 Å². The van der Waals surface area contributed by atoms with Crippen LogP contribution in [0.15, 0.2) is 77.9 Å². The van der Waals surface area contributed by atoms with Crippen LogP contribution in [-0.4, -0.2) is 26.8 Å². The largest absolute Gasteiger partial charge is 0.383 e. The molecule has 1 amide bonds. The molecule has 0 aliphatic carbocycles. The number of carbonyl (C=O) groups excluding carboxylic acids is 1. The number of carbonyl (C=O) groups is 1. The first-order chi connectivity index (χ1) is 16.0. The molecule has 0 fully saturated rings. The van der Waals surface area contributed by atoms with Crippen molar-refractivity contribution in [1.29, 1.82) is 0 Å². The number of rotatable bonds is 4. The number of benzene rings is 3. The second-order valence-electron chi connectivity index (χ2n) is 7.21. The van der Waals surface area contributed by atoms with Gasteiger partial charge in [0.1, 0.15) is 16.9 Å². The summed E-state index contributed by atoms with van der Waals surface area (Å²) in [7, 11) is 0. The van der Waals surface area contributed by atoms with Crippen molar-refractivity contribution in [1.82, 2.24) is 14.6 Å². The first kappa shape index (κ1) is 20.9. The van der Waals surface area contributed by atoms with E-state index >= 15 is 0 Å². The molecule has 0 bridgehead atoms. The lowest BCUT2D eigenvalue weighted by atomic mass is 10.2. The standard InChI is InChI=1S/C24H16Cl2N6O/c25-15-7-5-14(6-8-15)13-28-32-22(27)20(24(33)29-17-11-9-16(26)10-12-17)21-23(32)31-19-4-2-1-3-18(19)30-21/h1-13H,27H2,(H,29,33)/b28-13+. The van der Waals surface area contributed by atoms with Crippen molar-refractivity contribution in [3.8, 4) is 0 Å². The van der Waals surface area contributed by atoms with Gasteiger partial charge in [0.05, 0.1) is 17.2 Å². The van der Waals surface area contributed by atoms with Crippen molar-refractivity contribution in [2.75, 3.05) is 11.1 Å². The minimum atomic E-state index is -0.426. The summed E-state index contributed by atoms with van der Waals surface area (Å²) in [6.45, 7) is 0. The van der Waals surface area contributed by atoms with Gasteiger partial charge in [-0.1, -0.05) is 47.5 Å². The Labute approximate surface area is 198 Å². The molecular formula is C24H16Cl2N6O. The zero-order valence-electron chi connectivity index (χ0n) is 17.0. The van der Waals surface area contributed by atoms with Crippen LogP contribution in [0.2, 0.25) is 10.0 Å². The highest BCUT2D eigenvalue weighted by molar-refractivity contribution is 6.31. The van der Waals surface area contributed by atoms with Crippen molar-refractivity contribution < 1.29 is 4.79 Å². The number of halogens is 2. The Morgan fingerprint density at radius 1 is 0.909 bits per heavy atom. The quantitative estimate of drug-likeness (QED) is 0.330.